The molecule has 0 aromatic heterocycles. The fourth-order valence-corrected chi connectivity index (χ4v) is 5.06. The number of aryl methyl sites for hydroxylation is 1. The minimum absolute atomic E-state index is 0.0564. The number of fused-ring (bicyclic) bond motifs is 1. The van der Waals surface area contributed by atoms with Crippen molar-refractivity contribution in [3.63, 3.8) is 0 Å². The molecule has 1 aliphatic carbocycles. The average molecular weight is 365 g/mol. The van der Waals surface area contributed by atoms with Crippen molar-refractivity contribution in [1.29, 1.82) is 5.26 Å². The summed E-state index contributed by atoms with van der Waals surface area (Å²) < 4.78 is 0. The number of carbonyl (C=O) groups excluding carboxylic acids is 2. The third-order valence-corrected chi connectivity index (χ3v) is 6.82. The number of nitriles is 1. The highest BCUT2D eigenvalue weighted by molar-refractivity contribution is 6.35. The summed E-state index contributed by atoms with van der Waals surface area (Å²) in [5.74, 6) is -0.281. The van der Waals surface area contributed by atoms with E-state index in [0.717, 1.165) is 19.3 Å². The van der Waals surface area contributed by atoms with Gasteiger partial charge in [0.25, 0.3) is 0 Å². The molecule has 0 radical (unpaired) electrons. The minimum Gasteiger partial charge on any atom is -0.334 e. The molecule has 1 saturated carbocycles. The van der Waals surface area contributed by atoms with E-state index >= 15 is 0 Å². The standard InChI is InChI=1S/C22H27N3O2/c1-16-4-6-17(7-5-16)22-12-18(22)13-25(15-22)20(27)19(26)24-11-3-8-21(2,14-24)9-10-23/h4-7,18H,3,8-9,11-15H2,1-2H3. The third-order valence-electron chi connectivity index (χ3n) is 6.82. The first-order chi connectivity index (χ1) is 12.9. The molecule has 2 amide bonds. The van der Waals surface area contributed by atoms with E-state index in [4.69, 9.17) is 5.26 Å². The van der Waals surface area contributed by atoms with E-state index in [1.54, 1.807) is 9.80 Å². The molecule has 3 unspecified atom stereocenters. The lowest BCUT2D eigenvalue weighted by atomic mass is 9.79. The van der Waals surface area contributed by atoms with Gasteiger partial charge in [0.1, 0.15) is 0 Å². The van der Waals surface area contributed by atoms with Gasteiger partial charge in [0.2, 0.25) is 0 Å². The largest absolute Gasteiger partial charge is 0.334 e. The number of likely N-dealkylation sites (tertiary alicyclic amines) is 2. The summed E-state index contributed by atoms with van der Waals surface area (Å²) in [6.07, 6.45) is 3.32. The summed E-state index contributed by atoms with van der Waals surface area (Å²) in [4.78, 5) is 29.1. The Kier molecular flexibility index (Phi) is 4.25. The second-order valence-corrected chi connectivity index (χ2v) is 9.08. The number of amides is 2. The van der Waals surface area contributed by atoms with Gasteiger partial charge in [-0.05, 0) is 43.1 Å². The first kappa shape index (κ1) is 18.0. The molecule has 3 atom stereocenters. The predicted octanol–water partition coefficient (Wildman–Crippen LogP) is 2.64. The molecular formula is C22H27N3O2. The van der Waals surface area contributed by atoms with Gasteiger partial charge in [0.05, 0.1) is 6.07 Å². The lowest BCUT2D eigenvalue weighted by Gasteiger charge is -2.39. The zero-order valence-corrected chi connectivity index (χ0v) is 16.2. The molecule has 0 bridgehead atoms. The van der Waals surface area contributed by atoms with E-state index in [-0.39, 0.29) is 22.6 Å². The molecule has 4 rings (SSSR count). The van der Waals surface area contributed by atoms with Crippen molar-refractivity contribution in [3.8, 4) is 6.07 Å². The number of benzene rings is 1. The summed E-state index contributed by atoms with van der Waals surface area (Å²) in [5.41, 5.74) is 2.39. The van der Waals surface area contributed by atoms with Gasteiger partial charge in [-0.1, -0.05) is 36.8 Å². The molecule has 1 aromatic carbocycles. The van der Waals surface area contributed by atoms with Crippen LogP contribution in [0.4, 0.5) is 0 Å². The van der Waals surface area contributed by atoms with E-state index in [9.17, 15) is 9.59 Å². The van der Waals surface area contributed by atoms with Gasteiger partial charge in [-0.2, -0.15) is 5.26 Å². The van der Waals surface area contributed by atoms with Crippen LogP contribution in [0.5, 0.6) is 0 Å². The smallest absolute Gasteiger partial charge is 0.312 e. The number of hydrogen-bond donors (Lipinski definition) is 0. The second kappa shape index (κ2) is 6.37. The van der Waals surface area contributed by atoms with Crippen LogP contribution in [-0.2, 0) is 15.0 Å². The Labute approximate surface area is 160 Å². The molecule has 5 heteroatoms. The van der Waals surface area contributed by atoms with Crippen LogP contribution in [0.1, 0.15) is 43.7 Å². The lowest BCUT2D eigenvalue weighted by Crippen LogP contribution is -2.51. The van der Waals surface area contributed by atoms with E-state index in [1.165, 1.54) is 11.1 Å². The number of piperidine rings is 2. The lowest BCUT2D eigenvalue weighted by molar-refractivity contribution is -0.153. The van der Waals surface area contributed by atoms with Gasteiger partial charge in [-0.3, -0.25) is 9.59 Å². The highest BCUT2D eigenvalue weighted by Gasteiger charge is 2.62. The zero-order valence-electron chi connectivity index (χ0n) is 16.2. The predicted molar refractivity (Wildman–Crippen MR) is 102 cm³/mol. The van der Waals surface area contributed by atoms with E-state index < -0.39 is 0 Å². The van der Waals surface area contributed by atoms with Crippen LogP contribution in [0.25, 0.3) is 0 Å². The van der Waals surface area contributed by atoms with E-state index in [2.05, 4.69) is 37.3 Å². The quantitative estimate of drug-likeness (QED) is 0.757. The van der Waals surface area contributed by atoms with Crippen LogP contribution in [-0.4, -0.2) is 47.8 Å². The number of carbonyl (C=O) groups is 2. The van der Waals surface area contributed by atoms with Crippen LogP contribution in [0.15, 0.2) is 24.3 Å². The SMILES string of the molecule is Cc1ccc(C23CC2CN(C(=O)C(=O)N2CCCC(C)(CC#N)C2)C3)cc1. The van der Waals surface area contributed by atoms with Crippen molar-refractivity contribution in [2.45, 2.75) is 44.9 Å². The van der Waals surface area contributed by atoms with Crippen molar-refractivity contribution in [1.82, 2.24) is 9.80 Å². The summed E-state index contributed by atoms with van der Waals surface area (Å²) >= 11 is 0. The van der Waals surface area contributed by atoms with Gasteiger partial charge in [-0.25, -0.2) is 0 Å². The Bertz CT molecular complexity index is 812. The molecule has 1 aromatic rings. The average Bonchev–Trinajstić information content (AvgIpc) is 3.22. The van der Waals surface area contributed by atoms with Gasteiger partial charge in [0, 0.05) is 38.0 Å². The maximum absolute atomic E-state index is 12.9. The molecule has 27 heavy (non-hydrogen) atoms. The Morgan fingerprint density at radius 1 is 1.19 bits per heavy atom. The summed E-state index contributed by atoms with van der Waals surface area (Å²) in [6, 6.07) is 10.8. The van der Waals surface area contributed by atoms with Crippen LogP contribution in [0.2, 0.25) is 0 Å². The highest BCUT2D eigenvalue weighted by Crippen LogP contribution is 2.59. The van der Waals surface area contributed by atoms with E-state index in [1.807, 2.05) is 6.92 Å². The van der Waals surface area contributed by atoms with Crippen LogP contribution < -0.4 is 0 Å². The first-order valence-corrected chi connectivity index (χ1v) is 9.89. The summed E-state index contributed by atoms with van der Waals surface area (Å²) in [6.45, 7) is 6.57. The van der Waals surface area contributed by atoms with Crippen molar-refractivity contribution in [2.24, 2.45) is 11.3 Å². The van der Waals surface area contributed by atoms with E-state index in [0.29, 0.717) is 38.5 Å². The molecule has 2 heterocycles. The summed E-state index contributed by atoms with van der Waals surface area (Å²) in [7, 11) is 0. The number of nitrogens with zero attached hydrogens (tertiary/aromatic N) is 3. The Morgan fingerprint density at radius 2 is 1.89 bits per heavy atom. The molecular weight excluding hydrogens is 338 g/mol. The molecule has 2 saturated heterocycles. The Balaban J connectivity index is 1.43. The maximum Gasteiger partial charge on any atom is 0.312 e. The fraction of sp³-hybridized carbons (Fsp3) is 0.591. The molecule has 3 aliphatic rings. The molecule has 0 spiro atoms. The van der Waals surface area contributed by atoms with Crippen molar-refractivity contribution < 1.29 is 9.59 Å². The molecule has 142 valence electrons. The number of rotatable bonds is 2. The third kappa shape index (κ3) is 3.12. The normalized spacial score (nSPS) is 32.0. The monoisotopic (exact) mass is 365 g/mol. The van der Waals surface area contributed by atoms with Crippen molar-refractivity contribution in [2.75, 3.05) is 26.2 Å². The second-order valence-electron chi connectivity index (χ2n) is 9.08. The topological polar surface area (TPSA) is 64.4 Å². The van der Waals surface area contributed by atoms with Gasteiger partial charge < -0.3 is 9.80 Å². The molecule has 5 nitrogen and oxygen atoms in total. The van der Waals surface area contributed by atoms with Crippen molar-refractivity contribution in [3.05, 3.63) is 35.4 Å². The zero-order chi connectivity index (χ0) is 19.2. The van der Waals surface area contributed by atoms with Crippen LogP contribution in [0, 0.1) is 29.6 Å². The van der Waals surface area contributed by atoms with Gasteiger partial charge in [-0.15, -0.1) is 0 Å². The first-order valence-electron chi connectivity index (χ1n) is 9.89. The number of hydrogen-bond acceptors (Lipinski definition) is 3. The molecule has 2 aliphatic heterocycles. The highest BCUT2D eigenvalue weighted by atomic mass is 16.2. The Hall–Kier alpha value is -2.35. The fourth-order valence-electron chi connectivity index (χ4n) is 5.06. The van der Waals surface area contributed by atoms with Gasteiger partial charge in [0.15, 0.2) is 0 Å². The molecule has 0 N–H and O–H groups in total. The van der Waals surface area contributed by atoms with Crippen LogP contribution >= 0.6 is 0 Å². The Morgan fingerprint density at radius 3 is 2.59 bits per heavy atom. The summed E-state index contributed by atoms with van der Waals surface area (Å²) in [5, 5.41) is 9.05. The van der Waals surface area contributed by atoms with Crippen LogP contribution in [0.3, 0.4) is 0 Å². The van der Waals surface area contributed by atoms with Crippen molar-refractivity contribution >= 4 is 11.8 Å². The minimum atomic E-state index is -0.390. The van der Waals surface area contributed by atoms with Gasteiger partial charge >= 0.3 is 11.8 Å². The maximum atomic E-state index is 12.9. The molecule has 3 fully saturated rings.